The van der Waals surface area contributed by atoms with Crippen molar-refractivity contribution >= 4 is 5.91 Å². The number of carbonyl (C=O) groups is 1. The number of carbonyl (C=O) groups excluding carboxylic acids is 1. The molecule has 1 atom stereocenters. The van der Waals surface area contributed by atoms with Crippen LogP contribution in [0.2, 0.25) is 0 Å². The van der Waals surface area contributed by atoms with Gasteiger partial charge in [0.05, 0.1) is 0 Å². The smallest absolute Gasteiger partial charge is 0.218 e. The highest BCUT2D eigenvalue weighted by atomic mass is 16.1. The van der Waals surface area contributed by atoms with Crippen LogP contribution in [0.1, 0.15) is 54.7 Å². The normalized spacial score (nSPS) is 17.9. The predicted molar refractivity (Wildman–Crippen MR) is 74.4 cm³/mol. The highest BCUT2D eigenvalue weighted by Crippen LogP contribution is 2.40. The molecule has 1 fully saturated rings. The van der Waals surface area contributed by atoms with Crippen molar-refractivity contribution in [2.24, 2.45) is 11.7 Å². The summed E-state index contributed by atoms with van der Waals surface area (Å²) in [6.45, 7) is 4.25. The van der Waals surface area contributed by atoms with E-state index in [1.165, 1.54) is 42.4 Å². The van der Waals surface area contributed by atoms with Crippen LogP contribution in [-0.2, 0) is 4.79 Å². The number of aryl methyl sites for hydroxylation is 2. The molecule has 2 heteroatoms. The summed E-state index contributed by atoms with van der Waals surface area (Å²) in [5, 5.41) is 0. The summed E-state index contributed by atoms with van der Waals surface area (Å²) in [6, 6.07) is 6.53. The van der Waals surface area contributed by atoms with Gasteiger partial charge in [-0.2, -0.15) is 0 Å². The largest absolute Gasteiger partial charge is 0.370 e. The minimum atomic E-state index is -0.173. The first-order valence-electron chi connectivity index (χ1n) is 6.93. The summed E-state index contributed by atoms with van der Waals surface area (Å²) in [4.78, 5) is 11.4. The van der Waals surface area contributed by atoms with Crippen LogP contribution in [0.25, 0.3) is 0 Å². The van der Waals surface area contributed by atoms with Crippen LogP contribution in [0.3, 0.4) is 0 Å². The quantitative estimate of drug-likeness (QED) is 0.867. The molecular weight excluding hydrogens is 222 g/mol. The molecule has 0 saturated heterocycles. The molecule has 1 aliphatic rings. The van der Waals surface area contributed by atoms with Crippen LogP contribution in [0.5, 0.6) is 0 Å². The lowest BCUT2D eigenvalue weighted by Gasteiger charge is -2.24. The van der Waals surface area contributed by atoms with Crippen LogP contribution in [0, 0.1) is 19.8 Å². The van der Waals surface area contributed by atoms with Crippen LogP contribution in [0.4, 0.5) is 0 Å². The Morgan fingerprint density at radius 2 is 2.00 bits per heavy atom. The summed E-state index contributed by atoms with van der Waals surface area (Å²) in [5.74, 6) is 0.788. The average Bonchev–Trinajstić information content (AvgIpc) is 2.82. The van der Waals surface area contributed by atoms with E-state index in [0.29, 0.717) is 18.3 Å². The Kier molecular flexibility index (Phi) is 4.05. The maximum absolute atomic E-state index is 11.4. The Morgan fingerprint density at radius 1 is 1.33 bits per heavy atom. The molecule has 98 valence electrons. The minimum Gasteiger partial charge on any atom is -0.370 e. The number of nitrogens with two attached hydrogens (primary N) is 1. The van der Waals surface area contributed by atoms with Crippen LogP contribution < -0.4 is 5.73 Å². The first-order chi connectivity index (χ1) is 8.58. The van der Waals surface area contributed by atoms with Crippen molar-refractivity contribution < 1.29 is 4.79 Å². The Bertz CT molecular complexity index is 433. The number of hydrogen-bond donors (Lipinski definition) is 1. The second kappa shape index (κ2) is 5.55. The van der Waals surface area contributed by atoms with Crippen molar-refractivity contribution in [1.82, 2.24) is 0 Å². The number of primary amides is 1. The molecule has 2 N–H and O–H groups in total. The van der Waals surface area contributed by atoms with Crippen molar-refractivity contribution in [3.63, 3.8) is 0 Å². The van der Waals surface area contributed by atoms with Crippen molar-refractivity contribution in [3.05, 3.63) is 34.9 Å². The number of hydrogen-bond acceptors (Lipinski definition) is 1. The topological polar surface area (TPSA) is 43.1 Å². The van der Waals surface area contributed by atoms with Gasteiger partial charge in [-0.25, -0.2) is 0 Å². The second-order valence-corrected chi connectivity index (χ2v) is 5.68. The summed E-state index contributed by atoms with van der Waals surface area (Å²) < 4.78 is 0. The van der Waals surface area contributed by atoms with E-state index in [-0.39, 0.29) is 5.91 Å². The van der Waals surface area contributed by atoms with Gasteiger partial charge in [0.25, 0.3) is 0 Å². The van der Waals surface area contributed by atoms with Gasteiger partial charge in [0.1, 0.15) is 0 Å². The number of amides is 1. The molecule has 1 unspecified atom stereocenters. The van der Waals surface area contributed by atoms with E-state index < -0.39 is 0 Å². The SMILES string of the molecule is Cc1ccc(C)c(C(CC(N)=O)C2CCCC2)c1. The molecule has 2 rings (SSSR count). The lowest BCUT2D eigenvalue weighted by Crippen LogP contribution is -2.20. The summed E-state index contributed by atoms with van der Waals surface area (Å²) in [5.41, 5.74) is 9.34. The van der Waals surface area contributed by atoms with Crippen LogP contribution >= 0.6 is 0 Å². The van der Waals surface area contributed by atoms with Gasteiger partial charge in [-0.05, 0) is 49.7 Å². The lowest BCUT2D eigenvalue weighted by molar-refractivity contribution is -0.118. The van der Waals surface area contributed by atoms with E-state index in [4.69, 9.17) is 5.73 Å². The standard InChI is InChI=1S/C16H23NO/c1-11-7-8-12(2)14(9-11)15(10-16(17)18)13-5-3-4-6-13/h7-9,13,15H,3-6,10H2,1-2H3,(H2,17,18). The van der Waals surface area contributed by atoms with E-state index in [1.54, 1.807) is 0 Å². The molecule has 0 aliphatic heterocycles. The fraction of sp³-hybridized carbons (Fsp3) is 0.562. The maximum Gasteiger partial charge on any atom is 0.218 e. The molecule has 18 heavy (non-hydrogen) atoms. The van der Waals surface area contributed by atoms with E-state index in [1.807, 2.05) is 0 Å². The monoisotopic (exact) mass is 245 g/mol. The average molecular weight is 245 g/mol. The van der Waals surface area contributed by atoms with Gasteiger partial charge >= 0.3 is 0 Å². The molecule has 1 aromatic rings. The highest BCUT2D eigenvalue weighted by molar-refractivity contribution is 5.75. The third-order valence-electron chi connectivity index (χ3n) is 4.22. The molecule has 1 saturated carbocycles. The summed E-state index contributed by atoms with van der Waals surface area (Å²) in [6.07, 6.45) is 5.57. The molecule has 0 spiro atoms. The molecule has 0 bridgehead atoms. The highest BCUT2D eigenvalue weighted by Gasteiger charge is 2.28. The van der Waals surface area contributed by atoms with Gasteiger partial charge in [-0.1, -0.05) is 36.6 Å². The molecule has 1 aromatic carbocycles. The predicted octanol–water partition coefficient (Wildman–Crippen LogP) is 3.45. The second-order valence-electron chi connectivity index (χ2n) is 5.68. The molecule has 1 amide bonds. The van der Waals surface area contributed by atoms with Gasteiger partial charge in [0.15, 0.2) is 0 Å². The maximum atomic E-state index is 11.4. The third kappa shape index (κ3) is 2.92. The molecular formula is C16H23NO. The van der Waals surface area contributed by atoms with E-state index in [2.05, 4.69) is 32.0 Å². The first-order valence-corrected chi connectivity index (χ1v) is 6.93. The zero-order valence-electron chi connectivity index (χ0n) is 11.4. The Balaban J connectivity index is 2.31. The van der Waals surface area contributed by atoms with Crippen molar-refractivity contribution in [2.75, 3.05) is 0 Å². The van der Waals surface area contributed by atoms with Gasteiger partial charge in [-0.15, -0.1) is 0 Å². The van der Waals surface area contributed by atoms with Crippen molar-refractivity contribution in [1.29, 1.82) is 0 Å². The van der Waals surface area contributed by atoms with Gasteiger partial charge < -0.3 is 5.73 Å². The zero-order valence-corrected chi connectivity index (χ0v) is 11.4. The molecule has 0 radical (unpaired) electrons. The third-order valence-corrected chi connectivity index (χ3v) is 4.22. The molecule has 2 nitrogen and oxygen atoms in total. The van der Waals surface area contributed by atoms with E-state index in [9.17, 15) is 4.79 Å². The number of benzene rings is 1. The van der Waals surface area contributed by atoms with Gasteiger partial charge in [-0.3, -0.25) is 4.79 Å². The fourth-order valence-corrected chi connectivity index (χ4v) is 3.27. The molecule has 0 aromatic heterocycles. The zero-order chi connectivity index (χ0) is 13.1. The van der Waals surface area contributed by atoms with Gasteiger partial charge in [0, 0.05) is 6.42 Å². The van der Waals surface area contributed by atoms with E-state index in [0.717, 1.165) is 0 Å². The Morgan fingerprint density at radius 3 is 2.61 bits per heavy atom. The minimum absolute atomic E-state index is 0.173. The van der Waals surface area contributed by atoms with Crippen LogP contribution in [-0.4, -0.2) is 5.91 Å². The van der Waals surface area contributed by atoms with E-state index >= 15 is 0 Å². The summed E-state index contributed by atoms with van der Waals surface area (Å²) in [7, 11) is 0. The lowest BCUT2D eigenvalue weighted by atomic mass is 9.80. The van der Waals surface area contributed by atoms with Crippen molar-refractivity contribution in [2.45, 2.75) is 51.9 Å². The molecule has 1 aliphatic carbocycles. The van der Waals surface area contributed by atoms with Gasteiger partial charge in [0.2, 0.25) is 5.91 Å². The first kappa shape index (κ1) is 13.1. The Labute approximate surface area is 110 Å². The number of rotatable bonds is 4. The molecule has 0 heterocycles. The van der Waals surface area contributed by atoms with Crippen LogP contribution in [0.15, 0.2) is 18.2 Å². The fourth-order valence-electron chi connectivity index (χ4n) is 3.27. The Hall–Kier alpha value is -1.31. The summed E-state index contributed by atoms with van der Waals surface area (Å²) >= 11 is 0. The van der Waals surface area contributed by atoms with Crippen molar-refractivity contribution in [3.8, 4) is 0 Å².